The minimum atomic E-state index is -0.463. The number of rotatable bonds is 4. The molecule has 0 saturated carbocycles. The average molecular weight is 262 g/mol. The summed E-state index contributed by atoms with van der Waals surface area (Å²) in [6.07, 6.45) is 3.87. The predicted molar refractivity (Wildman–Crippen MR) is 70.3 cm³/mol. The second-order valence-corrected chi connectivity index (χ2v) is 4.56. The first-order valence-electron chi connectivity index (χ1n) is 6.42. The third kappa shape index (κ3) is 3.43. The molecule has 102 valence electrons. The minimum absolute atomic E-state index is 0.225. The van der Waals surface area contributed by atoms with Gasteiger partial charge >= 0.3 is 6.03 Å². The molecule has 1 aromatic rings. The first-order chi connectivity index (χ1) is 9.18. The molecule has 0 spiro atoms. The number of nitrogens with one attached hydrogen (secondary N) is 1. The summed E-state index contributed by atoms with van der Waals surface area (Å²) in [5, 5.41) is 2.80. The molecule has 19 heavy (non-hydrogen) atoms. The number of nitrogens with zero attached hydrogens (tertiary/aromatic N) is 2. The molecule has 1 unspecified atom stereocenters. The molecule has 1 saturated heterocycles. The van der Waals surface area contributed by atoms with Gasteiger partial charge in [0.1, 0.15) is 6.04 Å². The summed E-state index contributed by atoms with van der Waals surface area (Å²) in [6, 6.07) is 4.98. The molecular weight excluding hydrogens is 244 g/mol. The molecule has 0 radical (unpaired) electrons. The Morgan fingerprint density at radius 2 is 2.32 bits per heavy atom. The molecule has 0 bridgehead atoms. The van der Waals surface area contributed by atoms with Crippen LogP contribution >= 0.6 is 0 Å². The molecule has 2 rings (SSSR count). The van der Waals surface area contributed by atoms with Crippen LogP contribution in [0.15, 0.2) is 24.4 Å². The van der Waals surface area contributed by atoms with Crippen molar-refractivity contribution in [2.45, 2.75) is 25.3 Å². The zero-order chi connectivity index (χ0) is 13.7. The Bertz CT molecular complexity index is 449. The Morgan fingerprint density at radius 3 is 3.00 bits per heavy atom. The van der Waals surface area contributed by atoms with E-state index in [1.807, 2.05) is 18.2 Å². The lowest BCUT2D eigenvalue weighted by molar-refractivity contribution is -0.121. The maximum atomic E-state index is 11.9. The van der Waals surface area contributed by atoms with Crippen molar-refractivity contribution in [2.75, 3.05) is 13.1 Å². The molecule has 0 aromatic carbocycles. The van der Waals surface area contributed by atoms with Gasteiger partial charge < -0.3 is 16.0 Å². The van der Waals surface area contributed by atoms with Crippen molar-refractivity contribution >= 4 is 11.9 Å². The molecule has 1 fully saturated rings. The van der Waals surface area contributed by atoms with E-state index in [9.17, 15) is 9.59 Å². The number of aromatic nitrogens is 1. The summed E-state index contributed by atoms with van der Waals surface area (Å²) < 4.78 is 0. The highest BCUT2D eigenvalue weighted by molar-refractivity contribution is 5.86. The number of likely N-dealkylation sites (tertiary alicyclic amines) is 1. The topological polar surface area (TPSA) is 88.3 Å². The lowest BCUT2D eigenvalue weighted by atomic mass is 10.2. The van der Waals surface area contributed by atoms with E-state index in [1.54, 1.807) is 6.20 Å². The predicted octanol–water partition coefficient (Wildman–Crippen LogP) is 0.283. The first-order valence-corrected chi connectivity index (χ1v) is 6.42. The van der Waals surface area contributed by atoms with Gasteiger partial charge in [-0.3, -0.25) is 9.78 Å². The second kappa shape index (κ2) is 6.17. The van der Waals surface area contributed by atoms with Gasteiger partial charge in [0.2, 0.25) is 5.91 Å². The lowest BCUT2D eigenvalue weighted by Crippen LogP contribution is -2.48. The number of primary amides is 1. The monoisotopic (exact) mass is 262 g/mol. The Hall–Kier alpha value is -2.11. The highest BCUT2D eigenvalue weighted by Gasteiger charge is 2.32. The Morgan fingerprint density at radius 1 is 1.47 bits per heavy atom. The molecule has 1 atom stereocenters. The molecule has 1 aliphatic rings. The minimum Gasteiger partial charge on any atom is -0.368 e. The molecule has 3 amide bonds. The smallest absolute Gasteiger partial charge is 0.318 e. The highest BCUT2D eigenvalue weighted by atomic mass is 16.2. The van der Waals surface area contributed by atoms with Crippen LogP contribution in [0.4, 0.5) is 4.79 Å². The van der Waals surface area contributed by atoms with Crippen LogP contribution in [0.2, 0.25) is 0 Å². The standard InChI is InChI=1S/C13H18N4O2/c14-12(18)11-5-3-9-17(11)13(19)16-8-6-10-4-1-2-7-15-10/h1-2,4,7,11H,3,5-6,8-9H2,(H2,14,18)(H,16,19). The van der Waals surface area contributed by atoms with E-state index in [1.165, 1.54) is 4.90 Å². The number of nitrogens with two attached hydrogens (primary N) is 1. The van der Waals surface area contributed by atoms with Crippen LogP contribution in [0.5, 0.6) is 0 Å². The van der Waals surface area contributed by atoms with Crippen LogP contribution in [-0.4, -0.2) is 41.0 Å². The fourth-order valence-corrected chi connectivity index (χ4v) is 2.25. The van der Waals surface area contributed by atoms with E-state index >= 15 is 0 Å². The quantitative estimate of drug-likeness (QED) is 0.817. The van der Waals surface area contributed by atoms with Crippen molar-refractivity contribution in [3.05, 3.63) is 30.1 Å². The lowest BCUT2D eigenvalue weighted by Gasteiger charge is -2.22. The molecular formula is C13H18N4O2. The van der Waals surface area contributed by atoms with Crippen LogP contribution in [0.1, 0.15) is 18.5 Å². The van der Waals surface area contributed by atoms with Crippen molar-refractivity contribution in [1.82, 2.24) is 15.2 Å². The van der Waals surface area contributed by atoms with Crippen LogP contribution < -0.4 is 11.1 Å². The fraction of sp³-hybridized carbons (Fsp3) is 0.462. The average Bonchev–Trinajstić information content (AvgIpc) is 2.89. The summed E-state index contributed by atoms with van der Waals surface area (Å²) >= 11 is 0. The van der Waals surface area contributed by atoms with E-state index in [2.05, 4.69) is 10.3 Å². The van der Waals surface area contributed by atoms with Crippen molar-refractivity contribution in [3.8, 4) is 0 Å². The molecule has 6 heteroatoms. The van der Waals surface area contributed by atoms with Crippen LogP contribution in [0.3, 0.4) is 0 Å². The van der Waals surface area contributed by atoms with Crippen molar-refractivity contribution < 1.29 is 9.59 Å². The zero-order valence-corrected chi connectivity index (χ0v) is 10.7. The normalized spacial score (nSPS) is 18.3. The van der Waals surface area contributed by atoms with Gasteiger partial charge in [-0.25, -0.2) is 4.79 Å². The van der Waals surface area contributed by atoms with Gasteiger partial charge in [0.05, 0.1) is 0 Å². The third-order valence-corrected chi connectivity index (χ3v) is 3.23. The molecule has 3 N–H and O–H groups in total. The highest BCUT2D eigenvalue weighted by Crippen LogP contribution is 2.16. The maximum absolute atomic E-state index is 11.9. The third-order valence-electron chi connectivity index (χ3n) is 3.23. The molecule has 1 aromatic heterocycles. The molecule has 6 nitrogen and oxygen atoms in total. The number of urea groups is 1. The van der Waals surface area contributed by atoms with Crippen molar-refractivity contribution in [1.29, 1.82) is 0 Å². The molecule has 0 aliphatic carbocycles. The fourth-order valence-electron chi connectivity index (χ4n) is 2.25. The summed E-state index contributed by atoms with van der Waals surface area (Å²) in [6.45, 7) is 1.08. The van der Waals surface area contributed by atoms with E-state index in [4.69, 9.17) is 5.73 Å². The van der Waals surface area contributed by atoms with Gasteiger partial charge in [0.25, 0.3) is 0 Å². The van der Waals surface area contributed by atoms with Gasteiger partial charge in [-0.15, -0.1) is 0 Å². The number of carbonyl (C=O) groups is 2. The SMILES string of the molecule is NC(=O)C1CCCN1C(=O)NCCc1ccccn1. The van der Waals surface area contributed by atoms with Gasteiger partial charge in [-0.1, -0.05) is 6.07 Å². The van der Waals surface area contributed by atoms with Crippen LogP contribution in [-0.2, 0) is 11.2 Å². The summed E-state index contributed by atoms with van der Waals surface area (Å²) in [5.41, 5.74) is 6.20. The molecule has 2 heterocycles. The largest absolute Gasteiger partial charge is 0.368 e. The Balaban J connectivity index is 1.80. The number of amides is 3. The number of hydrogen-bond donors (Lipinski definition) is 2. The summed E-state index contributed by atoms with van der Waals surface area (Å²) in [5.74, 6) is -0.433. The van der Waals surface area contributed by atoms with Crippen molar-refractivity contribution in [2.24, 2.45) is 5.73 Å². The van der Waals surface area contributed by atoms with Gasteiger partial charge in [0.15, 0.2) is 0 Å². The second-order valence-electron chi connectivity index (χ2n) is 4.56. The van der Waals surface area contributed by atoms with E-state index in [-0.39, 0.29) is 6.03 Å². The van der Waals surface area contributed by atoms with E-state index in [0.29, 0.717) is 25.9 Å². The van der Waals surface area contributed by atoms with Gasteiger partial charge in [-0.2, -0.15) is 0 Å². The number of carbonyl (C=O) groups excluding carboxylic acids is 2. The zero-order valence-electron chi connectivity index (χ0n) is 10.7. The maximum Gasteiger partial charge on any atom is 0.318 e. The Labute approximate surface area is 112 Å². The first kappa shape index (κ1) is 13.3. The summed E-state index contributed by atoms with van der Waals surface area (Å²) in [4.78, 5) is 28.8. The number of pyridine rings is 1. The van der Waals surface area contributed by atoms with E-state index < -0.39 is 11.9 Å². The number of hydrogen-bond acceptors (Lipinski definition) is 3. The van der Waals surface area contributed by atoms with Gasteiger partial charge in [0, 0.05) is 31.4 Å². The van der Waals surface area contributed by atoms with Crippen LogP contribution in [0, 0.1) is 0 Å². The Kier molecular flexibility index (Phi) is 4.33. The van der Waals surface area contributed by atoms with E-state index in [0.717, 1.165) is 12.1 Å². The molecule has 1 aliphatic heterocycles. The van der Waals surface area contributed by atoms with Crippen LogP contribution in [0.25, 0.3) is 0 Å². The van der Waals surface area contributed by atoms with Gasteiger partial charge in [-0.05, 0) is 25.0 Å². The summed E-state index contributed by atoms with van der Waals surface area (Å²) in [7, 11) is 0. The van der Waals surface area contributed by atoms with Crippen molar-refractivity contribution in [3.63, 3.8) is 0 Å².